The number of nitrogens with two attached hydrogens (primary N) is 1. The number of phosphoric ester groups is 1. The van der Waals surface area contributed by atoms with E-state index in [4.69, 9.17) is 24.3 Å². The van der Waals surface area contributed by atoms with Gasteiger partial charge in [-0.3, -0.25) is 18.6 Å². The van der Waals surface area contributed by atoms with Gasteiger partial charge in [-0.2, -0.15) is 0 Å². The summed E-state index contributed by atoms with van der Waals surface area (Å²) >= 11 is 0. The fourth-order valence-corrected chi connectivity index (χ4v) is 5.55. The van der Waals surface area contributed by atoms with E-state index >= 15 is 0 Å². The van der Waals surface area contributed by atoms with E-state index in [1.54, 1.807) is 0 Å². The highest BCUT2D eigenvalue weighted by Gasteiger charge is 2.25. The van der Waals surface area contributed by atoms with Gasteiger partial charge in [0.25, 0.3) is 0 Å². The number of phosphoric acid groups is 1. The monoisotopic (exact) mass is 711 g/mol. The number of carbonyl (C=O) groups excluding carboxylic acids is 2. The molecule has 0 aliphatic rings. The van der Waals surface area contributed by atoms with Crippen LogP contribution in [0.25, 0.3) is 0 Å². The van der Waals surface area contributed by atoms with Gasteiger partial charge in [0.15, 0.2) is 6.10 Å². The second kappa shape index (κ2) is 35.8. The van der Waals surface area contributed by atoms with Crippen LogP contribution >= 0.6 is 7.82 Å². The third-order valence-corrected chi connectivity index (χ3v) is 8.67. The largest absolute Gasteiger partial charge is 0.472 e. The molecule has 284 valence electrons. The molecule has 0 heterocycles. The van der Waals surface area contributed by atoms with E-state index < -0.39 is 32.5 Å². The maximum atomic E-state index is 12.5. The van der Waals surface area contributed by atoms with Crippen LogP contribution in [0.4, 0.5) is 0 Å². The summed E-state index contributed by atoms with van der Waals surface area (Å²) in [5.74, 6) is -0.866. The van der Waals surface area contributed by atoms with Crippen molar-refractivity contribution < 1.29 is 37.6 Å². The van der Waals surface area contributed by atoms with E-state index in [0.717, 1.165) is 89.9 Å². The summed E-state index contributed by atoms with van der Waals surface area (Å²) in [7, 11) is -4.38. The Hall–Kier alpha value is -2.03. The molecule has 0 aromatic heterocycles. The highest BCUT2D eigenvalue weighted by Crippen LogP contribution is 2.43. The number of rotatable bonds is 35. The van der Waals surface area contributed by atoms with Crippen molar-refractivity contribution in [1.82, 2.24) is 0 Å². The Morgan fingerprint density at radius 3 is 1.55 bits per heavy atom. The minimum absolute atomic E-state index is 0.0472. The van der Waals surface area contributed by atoms with Gasteiger partial charge >= 0.3 is 19.8 Å². The van der Waals surface area contributed by atoms with E-state index in [0.29, 0.717) is 12.8 Å². The minimum Gasteiger partial charge on any atom is -0.462 e. The van der Waals surface area contributed by atoms with Gasteiger partial charge in [-0.25, -0.2) is 4.57 Å². The van der Waals surface area contributed by atoms with Crippen molar-refractivity contribution in [2.75, 3.05) is 26.4 Å². The highest BCUT2D eigenvalue weighted by molar-refractivity contribution is 7.47. The van der Waals surface area contributed by atoms with Crippen molar-refractivity contribution in [1.29, 1.82) is 0 Å². The van der Waals surface area contributed by atoms with Gasteiger partial charge in [0, 0.05) is 19.4 Å². The predicted molar refractivity (Wildman–Crippen MR) is 201 cm³/mol. The normalized spacial score (nSPS) is 14.0. The van der Waals surface area contributed by atoms with E-state index in [1.165, 1.54) is 25.7 Å². The maximum Gasteiger partial charge on any atom is 0.472 e. The molecule has 0 aromatic rings. The molecule has 0 aliphatic carbocycles. The first-order chi connectivity index (χ1) is 23.8. The van der Waals surface area contributed by atoms with Crippen LogP contribution in [0.5, 0.6) is 0 Å². The summed E-state index contributed by atoms with van der Waals surface area (Å²) in [6.07, 6.45) is 38.5. The van der Waals surface area contributed by atoms with Gasteiger partial charge < -0.3 is 20.1 Å². The highest BCUT2D eigenvalue weighted by atomic mass is 31.2. The molecule has 0 aromatic carbocycles. The Kier molecular flexibility index (Phi) is 34.3. The lowest BCUT2D eigenvalue weighted by atomic mass is 10.1. The molecule has 10 heteroatoms. The lowest BCUT2D eigenvalue weighted by molar-refractivity contribution is -0.161. The van der Waals surface area contributed by atoms with Crippen LogP contribution in [0, 0.1) is 0 Å². The van der Waals surface area contributed by atoms with Gasteiger partial charge in [-0.1, -0.05) is 127 Å². The molecule has 0 aliphatic heterocycles. The van der Waals surface area contributed by atoms with Crippen molar-refractivity contribution in [3.63, 3.8) is 0 Å². The first kappa shape index (κ1) is 47.0. The van der Waals surface area contributed by atoms with Crippen molar-refractivity contribution in [2.24, 2.45) is 5.73 Å². The van der Waals surface area contributed by atoms with Crippen LogP contribution in [0.15, 0.2) is 48.6 Å². The molecule has 0 saturated carbocycles. The van der Waals surface area contributed by atoms with Gasteiger partial charge in [0.2, 0.25) is 0 Å². The average Bonchev–Trinajstić information content (AvgIpc) is 3.08. The molecular weight excluding hydrogens is 641 g/mol. The van der Waals surface area contributed by atoms with E-state index in [2.05, 4.69) is 62.5 Å². The zero-order chi connectivity index (χ0) is 36.1. The molecule has 49 heavy (non-hydrogen) atoms. The molecule has 0 bridgehead atoms. The molecule has 0 amide bonds. The Labute approximate surface area is 298 Å². The molecule has 0 rings (SSSR count). The zero-order valence-corrected chi connectivity index (χ0v) is 31.8. The predicted octanol–water partition coefficient (Wildman–Crippen LogP) is 10.4. The number of hydrogen-bond acceptors (Lipinski definition) is 8. The van der Waals surface area contributed by atoms with Crippen LogP contribution in [0.1, 0.15) is 155 Å². The third kappa shape index (κ3) is 35.6. The molecule has 0 radical (unpaired) electrons. The van der Waals surface area contributed by atoms with Gasteiger partial charge in [-0.05, 0) is 64.2 Å². The number of allylic oxidation sites excluding steroid dienone is 8. The lowest BCUT2D eigenvalue weighted by Gasteiger charge is -2.19. The zero-order valence-electron chi connectivity index (χ0n) is 30.9. The quantitative estimate of drug-likeness (QED) is 0.0285. The van der Waals surface area contributed by atoms with Crippen LogP contribution in [0.2, 0.25) is 0 Å². The topological polar surface area (TPSA) is 134 Å². The lowest BCUT2D eigenvalue weighted by Crippen LogP contribution is -2.29. The second-order valence-corrected chi connectivity index (χ2v) is 13.9. The summed E-state index contributed by atoms with van der Waals surface area (Å²) in [6.45, 7) is 3.59. The summed E-state index contributed by atoms with van der Waals surface area (Å²) in [5, 5.41) is 0. The van der Waals surface area contributed by atoms with E-state index in [1.807, 2.05) is 0 Å². The van der Waals surface area contributed by atoms with Crippen LogP contribution in [-0.4, -0.2) is 49.3 Å². The van der Waals surface area contributed by atoms with E-state index in [-0.39, 0.29) is 32.6 Å². The fraction of sp³-hybridized carbons (Fsp3) is 0.744. The fourth-order valence-electron chi connectivity index (χ4n) is 4.78. The maximum absolute atomic E-state index is 12.5. The summed E-state index contributed by atoms with van der Waals surface area (Å²) in [5.41, 5.74) is 5.33. The Bertz CT molecular complexity index is 949. The Morgan fingerprint density at radius 1 is 0.612 bits per heavy atom. The number of hydrogen-bond donors (Lipinski definition) is 2. The third-order valence-electron chi connectivity index (χ3n) is 7.69. The number of ether oxygens (including phenoxy) is 2. The molecule has 0 spiro atoms. The first-order valence-electron chi connectivity index (χ1n) is 19.1. The van der Waals surface area contributed by atoms with Crippen molar-refractivity contribution in [3.8, 4) is 0 Å². The Morgan fingerprint density at radius 2 is 1.06 bits per heavy atom. The molecule has 9 nitrogen and oxygen atoms in total. The number of carbonyl (C=O) groups is 2. The van der Waals surface area contributed by atoms with Gasteiger partial charge in [-0.15, -0.1) is 0 Å². The molecule has 3 N–H and O–H groups in total. The molecule has 0 fully saturated rings. The van der Waals surface area contributed by atoms with Gasteiger partial charge in [0.1, 0.15) is 6.61 Å². The first-order valence-corrected chi connectivity index (χ1v) is 20.6. The summed E-state index contributed by atoms with van der Waals surface area (Å²) in [6, 6.07) is 0. The molecule has 0 saturated heterocycles. The Balaban J connectivity index is 4.28. The van der Waals surface area contributed by atoms with Crippen molar-refractivity contribution in [2.45, 2.75) is 161 Å². The van der Waals surface area contributed by atoms with Crippen LogP contribution < -0.4 is 5.73 Å². The van der Waals surface area contributed by atoms with E-state index in [9.17, 15) is 19.0 Å². The molecule has 1 unspecified atom stereocenters. The SMILES string of the molecule is CCCC/C=C/C/C=C/CCCCCCCC(=O)OC[C@H](COP(=O)(O)OCCN)OC(=O)CCCCCCC/C=C/C/C=C/CCCC. The summed E-state index contributed by atoms with van der Waals surface area (Å²) < 4.78 is 32.6. The smallest absolute Gasteiger partial charge is 0.462 e. The average molecular weight is 712 g/mol. The number of esters is 2. The van der Waals surface area contributed by atoms with Gasteiger partial charge in [0.05, 0.1) is 13.2 Å². The minimum atomic E-state index is -4.38. The van der Waals surface area contributed by atoms with Crippen LogP contribution in [0.3, 0.4) is 0 Å². The second-order valence-electron chi connectivity index (χ2n) is 12.4. The standard InChI is InChI=1S/C39H70NO8P/c1-3-5-7-9-11-13-15-17-19-21-23-25-27-29-31-38(41)45-35-37(36-47-49(43,44)46-34-33-40)48-39(42)32-30-28-26-24-22-20-18-16-14-12-10-8-6-4-2/h9-12,15-18,37H,3-8,13-14,19-36,40H2,1-2H3,(H,43,44)/b11-9+,12-10+,17-15+,18-16+/t37-/m1/s1. The molecular formula is C39H70NO8P. The summed E-state index contributed by atoms with van der Waals surface area (Å²) in [4.78, 5) is 34.7. The van der Waals surface area contributed by atoms with Crippen LogP contribution in [-0.2, 0) is 32.7 Å². The number of unbranched alkanes of at least 4 members (excludes halogenated alkanes) is 14. The molecule has 2 atom stereocenters. The van der Waals surface area contributed by atoms with Crippen molar-refractivity contribution in [3.05, 3.63) is 48.6 Å². The van der Waals surface area contributed by atoms with Crippen molar-refractivity contribution >= 4 is 19.8 Å².